The highest BCUT2D eigenvalue weighted by Crippen LogP contribution is 2.42. The number of imide groups is 1. The lowest BCUT2D eigenvalue weighted by Crippen LogP contribution is -2.31. The number of carbonyl (C=O) groups is 4. The largest absolute Gasteiger partial charge is 0.426 e. The number of carbonyl (C=O) groups excluding carboxylic acids is 4. The van der Waals surface area contributed by atoms with E-state index in [1.165, 1.54) is 4.90 Å². The van der Waals surface area contributed by atoms with E-state index < -0.39 is 11.9 Å². The molecular formula is C27H28N2O5. The van der Waals surface area contributed by atoms with Crippen LogP contribution in [0.15, 0.2) is 54.6 Å². The summed E-state index contributed by atoms with van der Waals surface area (Å²) in [6, 6.07) is 16.2. The minimum Gasteiger partial charge on any atom is -0.426 e. The zero-order valence-electron chi connectivity index (χ0n) is 19.2. The van der Waals surface area contributed by atoms with Gasteiger partial charge in [-0.25, -0.2) is 4.90 Å². The summed E-state index contributed by atoms with van der Waals surface area (Å²) in [4.78, 5) is 54.2. The molecule has 3 fully saturated rings. The summed E-state index contributed by atoms with van der Waals surface area (Å²) in [5, 5.41) is 0. The van der Waals surface area contributed by atoms with E-state index in [0.29, 0.717) is 24.7 Å². The van der Waals surface area contributed by atoms with E-state index in [2.05, 4.69) is 6.92 Å². The fourth-order valence-electron chi connectivity index (χ4n) is 5.42. The fraction of sp³-hybridized carbons (Fsp3) is 0.407. The molecule has 34 heavy (non-hydrogen) atoms. The second kappa shape index (κ2) is 9.05. The van der Waals surface area contributed by atoms with Crippen molar-refractivity contribution in [3.63, 3.8) is 0 Å². The number of anilines is 1. The van der Waals surface area contributed by atoms with E-state index in [4.69, 9.17) is 4.74 Å². The molecule has 4 atom stereocenters. The van der Waals surface area contributed by atoms with Crippen molar-refractivity contribution < 1.29 is 23.9 Å². The molecular weight excluding hydrogens is 432 g/mol. The lowest BCUT2D eigenvalue weighted by atomic mass is 9.76. The SMILES string of the molecule is C[C@@H]1CC[C@@H]2C(=O)N(c3cccc(OC(=O)[C@H]4CC(=O)N(Cc5ccccc5)C4)c3)C(=O)[C@H]2C1. The maximum absolute atomic E-state index is 13.0. The van der Waals surface area contributed by atoms with E-state index in [1.54, 1.807) is 29.2 Å². The average Bonchev–Trinajstić information content (AvgIpc) is 3.31. The molecule has 1 saturated carbocycles. The number of rotatable bonds is 5. The first-order valence-corrected chi connectivity index (χ1v) is 11.9. The molecule has 2 heterocycles. The smallest absolute Gasteiger partial charge is 0.316 e. The molecule has 0 bridgehead atoms. The summed E-state index contributed by atoms with van der Waals surface area (Å²) < 4.78 is 5.58. The van der Waals surface area contributed by atoms with Gasteiger partial charge in [0.1, 0.15) is 5.75 Å². The van der Waals surface area contributed by atoms with Crippen LogP contribution in [-0.4, -0.2) is 35.1 Å². The van der Waals surface area contributed by atoms with Gasteiger partial charge >= 0.3 is 5.97 Å². The molecule has 2 aromatic carbocycles. The van der Waals surface area contributed by atoms with E-state index in [0.717, 1.165) is 24.8 Å². The zero-order chi connectivity index (χ0) is 23.8. The van der Waals surface area contributed by atoms with Crippen molar-refractivity contribution in [2.75, 3.05) is 11.4 Å². The highest BCUT2D eigenvalue weighted by atomic mass is 16.5. The first-order chi connectivity index (χ1) is 16.4. The van der Waals surface area contributed by atoms with Crippen LogP contribution in [0.2, 0.25) is 0 Å². The van der Waals surface area contributed by atoms with Crippen LogP contribution in [0.1, 0.15) is 38.2 Å². The van der Waals surface area contributed by atoms with Crippen LogP contribution >= 0.6 is 0 Å². The van der Waals surface area contributed by atoms with Gasteiger partial charge in [0.2, 0.25) is 17.7 Å². The molecule has 3 amide bonds. The van der Waals surface area contributed by atoms with Gasteiger partial charge in [0, 0.05) is 25.6 Å². The van der Waals surface area contributed by atoms with Crippen LogP contribution in [0, 0.1) is 23.7 Å². The van der Waals surface area contributed by atoms with Gasteiger partial charge in [-0.05, 0) is 42.9 Å². The third-order valence-electron chi connectivity index (χ3n) is 7.25. The predicted octanol–water partition coefficient (Wildman–Crippen LogP) is 3.57. The average molecular weight is 461 g/mol. The molecule has 0 radical (unpaired) electrons. The number of amides is 3. The third-order valence-corrected chi connectivity index (χ3v) is 7.25. The molecule has 7 heteroatoms. The van der Waals surface area contributed by atoms with Crippen molar-refractivity contribution in [2.24, 2.45) is 23.7 Å². The Morgan fingerprint density at radius 2 is 1.74 bits per heavy atom. The number of hydrogen-bond donors (Lipinski definition) is 0. The number of nitrogens with zero attached hydrogens (tertiary/aromatic N) is 2. The summed E-state index contributed by atoms with van der Waals surface area (Å²) in [5.74, 6) is -1.27. The molecule has 0 spiro atoms. The quantitative estimate of drug-likeness (QED) is 0.387. The van der Waals surface area contributed by atoms with Gasteiger partial charge in [0.05, 0.1) is 23.4 Å². The van der Waals surface area contributed by atoms with E-state index in [1.807, 2.05) is 30.3 Å². The Hall–Kier alpha value is -3.48. The fourth-order valence-corrected chi connectivity index (χ4v) is 5.42. The second-order valence-corrected chi connectivity index (χ2v) is 9.72. The molecule has 7 nitrogen and oxygen atoms in total. The van der Waals surface area contributed by atoms with Gasteiger partial charge in [-0.15, -0.1) is 0 Å². The van der Waals surface area contributed by atoms with Crippen LogP contribution in [0.25, 0.3) is 0 Å². The molecule has 2 aromatic rings. The Bertz CT molecular complexity index is 1130. The minimum absolute atomic E-state index is 0.0790. The summed E-state index contributed by atoms with van der Waals surface area (Å²) in [6.45, 7) is 2.88. The van der Waals surface area contributed by atoms with Crippen molar-refractivity contribution in [3.05, 3.63) is 60.2 Å². The first kappa shape index (κ1) is 22.3. The molecule has 0 unspecified atom stereocenters. The summed E-state index contributed by atoms with van der Waals surface area (Å²) in [5.41, 5.74) is 1.43. The van der Waals surface area contributed by atoms with Crippen molar-refractivity contribution >= 4 is 29.4 Å². The van der Waals surface area contributed by atoms with Crippen molar-refractivity contribution in [3.8, 4) is 5.75 Å². The second-order valence-electron chi connectivity index (χ2n) is 9.72. The molecule has 176 valence electrons. The molecule has 5 rings (SSSR count). The number of ether oxygens (including phenoxy) is 1. The van der Waals surface area contributed by atoms with Gasteiger partial charge in [0.25, 0.3) is 0 Å². The number of likely N-dealkylation sites (tertiary alicyclic amines) is 1. The maximum Gasteiger partial charge on any atom is 0.316 e. The Balaban J connectivity index is 1.25. The lowest BCUT2D eigenvalue weighted by Gasteiger charge is -2.25. The van der Waals surface area contributed by atoms with Crippen molar-refractivity contribution in [1.29, 1.82) is 0 Å². The lowest BCUT2D eigenvalue weighted by molar-refractivity contribution is -0.139. The van der Waals surface area contributed by atoms with Gasteiger partial charge < -0.3 is 9.64 Å². The molecule has 0 aromatic heterocycles. The van der Waals surface area contributed by atoms with Crippen molar-refractivity contribution in [1.82, 2.24) is 4.90 Å². The van der Waals surface area contributed by atoms with Gasteiger partial charge in [-0.2, -0.15) is 0 Å². The van der Waals surface area contributed by atoms with Crippen LogP contribution in [0.4, 0.5) is 5.69 Å². The maximum atomic E-state index is 13.0. The van der Waals surface area contributed by atoms with Gasteiger partial charge in [-0.1, -0.05) is 43.3 Å². The van der Waals surface area contributed by atoms with Crippen LogP contribution in [0.3, 0.4) is 0 Å². The third kappa shape index (κ3) is 4.22. The summed E-state index contributed by atoms with van der Waals surface area (Å²) in [7, 11) is 0. The Morgan fingerprint density at radius 1 is 0.971 bits per heavy atom. The van der Waals surface area contributed by atoms with Crippen LogP contribution in [-0.2, 0) is 25.7 Å². The summed E-state index contributed by atoms with van der Waals surface area (Å²) in [6.07, 6.45) is 2.52. The van der Waals surface area contributed by atoms with E-state index in [-0.39, 0.29) is 41.7 Å². The highest BCUT2D eigenvalue weighted by molar-refractivity contribution is 6.22. The molecule has 2 saturated heterocycles. The standard InChI is InChI=1S/C27H28N2O5/c1-17-10-11-22-23(12-17)26(32)29(25(22)31)20-8-5-9-21(14-20)34-27(33)19-13-24(30)28(16-19)15-18-6-3-2-4-7-18/h2-9,14,17,19,22-23H,10-13,15-16H2,1H3/t17-,19+,22+,23+/m1/s1. The Kier molecular flexibility index (Phi) is 5.94. The molecule has 1 aliphatic carbocycles. The van der Waals surface area contributed by atoms with Crippen molar-refractivity contribution in [2.45, 2.75) is 39.2 Å². The monoisotopic (exact) mass is 460 g/mol. The number of esters is 1. The van der Waals surface area contributed by atoms with Crippen LogP contribution in [0.5, 0.6) is 5.75 Å². The normalized spacial score (nSPS) is 26.7. The molecule has 0 N–H and O–H groups in total. The Morgan fingerprint density at radius 3 is 2.53 bits per heavy atom. The predicted molar refractivity (Wildman–Crippen MR) is 125 cm³/mol. The minimum atomic E-state index is -0.556. The number of hydrogen-bond acceptors (Lipinski definition) is 5. The highest BCUT2D eigenvalue weighted by Gasteiger charge is 2.50. The first-order valence-electron chi connectivity index (χ1n) is 11.9. The van der Waals surface area contributed by atoms with Crippen LogP contribution < -0.4 is 9.64 Å². The Labute approximate surface area is 198 Å². The molecule has 3 aliphatic rings. The molecule has 2 aliphatic heterocycles. The van der Waals surface area contributed by atoms with Gasteiger partial charge in [-0.3, -0.25) is 19.2 Å². The van der Waals surface area contributed by atoms with Gasteiger partial charge in [0.15, 0.2) is 0 Å². The number of fused-ring (bicyclic) bond motifs is 1. The number of benzene rings is 2. The summed E-state index contributed by atoms with van der Waals surface area (Å²) >= 11 is 0. The van der Waals surface area contributed by atoms with E-state index >= 15 is 0 Å². The topological polar surface area (TPSA) is 84.0 Å². The zero-order valence-corrected chi connectivity index (χ0v) is 19.2. The van der Waals surface area contributed by atoms with E-state index in [9.17, 15) is 19.2 Å².